The van der Waals surface area contributed by atoms with Crippen LogP contribution < -0.4 is 0 Å². The zero-order valence-corrected chi connectivity index (χ0v) is 9.01. The first kappa shape index (κ1) is 11.4. The molecule has 0 spiro atoms. The summed E-state index contributed by atoms with van der Waals surface area (Å²) in [7, 11) is 0. The lowest BCUT2D eigenvalue weighted by Crippen LogP contribution is -1.93. The number of nitro groups is 1. The second-order valence-corrected chi connectivity index (χ2v) is 3.55. The van der Waals surface area contributed by atoms with Gasteiger partial charge < -0.3 is 0 Å². The fraction of sp³-hybridized carbons (Fsp3) is 0.333. The minimum absolute atomic E-state index is 0.150. The molecular weight excluding hydrogens is 190 g/mol. The third kappa shape index (κ3) is 3.20. The SMILES string of the molecule is C/C=C\CC(C)c1ccc([N+](=O)[O-])cc1. The summed E-state index contributed by atoms with van der Waals surface area (Å²) in [5.41, 5.74) is 1.29. The molecule has 0 aliphatic rings. The minimum Gasteiger partial charge on any atom is -0.258 e. The van der Waals surface area contributed by atoms with Crippen molar-refractivity contribution in [3.05, 3.63) is 52.1 Å². The van der Waals surface area contributed by atoms with E-state index in [0.717, 1.165) is 12.0 Å². The second-order valence-electron chi connectivity index (χ2n) is 3.55. The molecule has 0 aliphatic heterocycles. The van der Waals surface area contributed by atoms with Crippen LogP contribution >= 0.6 is 0 Å². The molecule has 0 aliphatic carbocycles. The van der Waals surface area contributed by atoms with E-state index in [-0.39, 0.29) is 10.6 Å². The largest absolute Gasteiger partial charge is 0.269 e. The number of rotatable bonds is 4. The predicted octanol–water partition coefficient (Wildman–Crippen LogP) is 3.66. The van der Waals surface area contributed by atoms with Gasteiger partial charge in [0.1, 0.15) is 0 Å². The molecule has 0 aromatic heterocycles. The highest BCUT2D eigenvalue weighted by Crippen LogP contribution is 2.21. The van der Waals surface area contributed by atoms with Gasteiger partial charge >= 0.3 is 0 Å². The van der Waals surface area contributed by atoms with Gasteiger partial charge in [0.25, 0.3) is 5.69 Å². The molecule has 1 atom stereocenters. The Morgan fingerprint density at radius 1 is 1.40 bits per heavy atom. The maximum atomic E-state index is 10.4. The molecule has 1 unspecified atom stereocenters. The summed E-state index contributed by atoms with van der Waals surface area (Å²) in [5.74, 6) is 0.405. The third-order valence-corrected chi connectivity index (χ3v) is 2.40. The molecule has 0 saturated heterocycles. The smallest absolute Gasteiger partial charge is 0.258 e. The van der Waals surface area contributed by atoms with Gasteiger partial charge in [-0.25, -0.2) is 0 Å². The van der Waals surface area contributed by atoms with Crippen LogP contribution in [0.15, 0.2) is 36.4 Å². The van der Waals surface area contributed by atoms with Crippen molar-refractivity contribution in [2.24, 2.45) is 0 Å². The Labute approximate surface area is 89.6 Å². The van der Waals surface area contributed by atoms with Gasteiger partial charge in [0, 0.05) is 12.1 Å². The van der Waals surface area contributed by atoms with Crippen LogP contribution in [0.1, 0.15) is 31.7 Å². The Balaban J connectivity index is 2.75. The quantitative estimate of drug-likeness (QED) is 0.427. The van der Waals surface area contributed by atoms with E-state index in [1.165, 1.54) is 0 Å². The van der Waals surface area contributed by atoms with Gasteiger partial charge in [-0.1, -0.05) is 31.2 Å². The summed E-state index contributed by atoms with van der Waals surface area (Å²) in [4.78, 5) is 10.1. The third-order valence-electron chi connectivity index (χ3n) is 2.40. The second kappa shape index (κ2) is 5.29. The van der Waals surface area contributed by atoms with E-state index in [4.69, 9.17) is 0 Å². The number of allylic oxidation sites excluding steroid dienone is 2. The monoisotopic (exact) mass is 205 g/mol. The van der Waals surface area contributed by atoms with Crippen molar-refractivity contribution in [2.75, 3.05) is 0 Å². The molecule has 0 N–H and O–H groups in total. The summed E-state index contributed by atoms with van der Waals surface area (Å²) < 4.78 is 0. The summed E-state index contributed by atoms with van der Waals surface area (Å²) in [5, 5.41) is 10.4. The van der Waals surface area contributed by atoms with Crippen LogP contribution in [0.3, 0.4) is 0 Å². The Morgan fingerprint density at radius 2 is 2.00 bits per heavy atom. The molecule has 1 aromatic carbocycles. The van der Waals surface area contributed by atoms with Crippen LogP contribution in [0.5, 0.6) is 0 Å². The van der Waals surface area contributed by atoms with Gasteiger partial charge in [-0.05, 0) is 24.8 Å². The Bertz CT molecular complexity index is 354. The first-order valence-corrected chi connectivity index (χ1v) is 5.00. The van der Waals surface area contributed by atoms with Gasteiger partial charge in [0.2, 0.25) is 0 Å². The molecule has 0 bridgehead atoms. The van der Waals surface area contributed by atoms with Crippen LogP contribution in [-0.4, -0.2) is 4.92 Å². The van der Waals surface area contributed by atoms with Crippen LogP contribution in [0, 0.1) is 10.1 Å². The number of non-ortho nitro benzene ring substituents is 1. The van der Waals surface area contributed by atoms with E-state index < -0.39 is 0 Å². The topological polar surface area (TPSA) is 43.1 Å². The summed E-state index contributed by atoms with van der Waals surface area (Å²) in [6.07, 6.45) is 5.09. The zero-order valence-electron chi connectivity index (χ0n) is 9.01. The molecule has 0 radical (unpaired) electrons. The van der Waals surface area contributed by atoms with Crippen molar-refractivity contribution < 1.29 is 4.92 Å². The lowest BCUT2D eigenvalue weighted by Gasteiger charge is -2.08. The van der Waals surface area contributed by atoms with Crippen molar-refractivity contribution in [1.29, 1.82) is 0 Å². The van der Waals surface area contributed by atoms with Crippen LogP contribution in [0.2, 0.25) is 0 Å². The van der Waals surface area contributed by atoms with E-state index >= 15 is 0 Å². The number of hydrogen-bond acceptors (Lipinski definition) is 2. The number of nitrogens with zero attached hydrogens (tertiary/aromatic N) is 1. The maximum absolute atomic E-state index is 10.4. The van der Waals surface area contributed by atoms with Crippen LogP contribution in [-0.2, 0) is 0 Å². The van der Waals surface area contributed by atoms with E-state index in [1.807, 2.05) is 25.1 Å². The normalized spacial score (nSPS) is 12.9. The van der Waals surface area contributed by atoms with Crippen LogP contribution in [0.25, 0.3) is 0 Å². The Hall–Kier alpha value is -1.64. The molecule has 80 valence electrons. The first-order chi connectivity index (χ1) is 7.15. The first-order valence-electron chi connectivity index (χ1n) is 5.00. The average Bonchev–Trinajstić information content (AvgIpc) is 2.26. The van der Waals surface area contributed by atoms with Gasteiger partial charge in [-0.2, -0.15) is 0 Å². The summed E-state index contributed by atoms with van der Waals surface area (Å²) >= 11 is 0. The number of benzene rings is 1. The highest BCUT2D eigenvalue weighted by Gasteiger charge is 2.07. The van der Waals surface area contributed by atoms with Gasteiger partial charge in [0.15, 0.2) is 0 Å². The van der Waals surface area contributed by atoms with Crippen molar-refractivity contribution in [3.63, 3.8) is 0 Å². The predicted molar refractivity (Wildman–Crippen MR) is 60.9 cm³/mol. The molecule has 1 rings (SSSR count). The number of hydrogen-bond donors (Lipinski definition) is 0. The fourth-order valence-corrected chi connectivity index (χ4v) is 1.40. The highest BCUT2D eigenvalue weighted by molar-refractivity contribution is 5.34. The Morgan fingerprint density at radius 3 is 2.47 bits per heavy atom. The Kier molecular flexibility index (Phi) is 4.03. The zero-order chi connectivity index (χ0) is 11.3. The lowest BCUT2D eigenvalue weighted by atomic mass is 9.97. The summed E-state index contributed by atoms with van der Waals surface area (Å²) in [6.45, 7) is 4.10. The lowest BCUT2D eigenvalue weighted by molar-refractivity contribution is -0.384. The van der Waals surface area contributed by atoms with E-state index in [1.54, 1.807) is 12.1 Å². The molecule has 1 aromatic rings. The molecule has 0 saturated carbocycles. The molecule has 0 amide bonds. The van der Waals surface area contributed by atoms with E-state index in [2.05, 4.69) is 13.0 Å². The van der Waals surface area contributed by atoms with Gasteiger partial charge in [0.05, 0.1) is 4.92 Å². The minimum atomic E-state index is -0.375. The molecule has 15 heavy (non-hydrogen) atoms. The molecule has 3 nitrogen and oxygen atoms in total. The van der Waals surface area contributed by atoms with Crippen molar-refractivity contribution >= 4 is 5.69 Å². The van der Waals surface area contributed by atoms with Crippen LogP contribution in [0.4, 0.5) is 5.69 Å². The standard InChI is InChI=1S/C12H15NO2/c1-3-4-5-10(2)11-6-8-12(9-7-11)13(14)15/h3-4,6-10H,5H2,1-2H3/b4-3-. The molecule has 0 fully saturated rings. The highest BCUT2D eigenvalue weighted by atomic mass is 16.6. The molecular formula is C12H15NO2. The fourth-order valence-electron chi connectivity index (χ4n) is 1.40. The van der Waals surface area contributed by atoms with Crippen molar-refractivity contribution in [2.45, 2.75) is 26.2 Å². The summed E-state index contributed by atoms with van der Waals surface area (Å²) in [6, 6.07) is 6.77. The molecule has 3 heteroatoms. The van der Waals surface area contributed by atoms with E-state index in [0.29, 0.717) is 5.92 Å². The van der Waals surface area contributed by atoms with Gasteiger partial charge in [-0.15, -0.1) is 0 Å². The maximum Gasteiger partial charge on any atom is 0.269 e. The number of nitro benzene ring substituents is 1. The molecule has 0 heterocycles. The van der Waals surface area contributed by atoms with Crippen molar-refractivity contribution in [3.8, 4) is 0 Å². The average molecular weight is 205 g/mol. The van der Waals surface area contributed by atoms with Gasteiger partial charge in [-0.3, -0.25) is 10.1 Å². The van der Waals surface area contributed by atoms with Crippen molar-refractivity contribution in [1.82, 2.24) is 0 Å². The van der Waals surface area contributed by atoms with E-state index in [9.17, 15) is 10.1 Å².